The van der Waals surface area contributed by atoms with Gasteiger partial charge in [0, 0.05) is 12.1 Å². The Hall–Kier alpha value is -4.84. The second-order valence-electron chi connectivity index (χ2n) is 7.96. The van der Waals surface area contributed by atoms with Gasteiger partial charge in [-0.25, -0.2) is 4.79 Å². The predicted molar refractivity (Wildman–Crippen MR) is 134 cm³/mol. The van der Waals surface area contributed by atoms with Gasteiger partial charge in [0.1, 0.15) is 5.75 Å². The molecule has 1 heterocycles. The molecule has 12 heteroatoms. The first kappa shape index (κ1) is 25.3. The number of imide groups is 1. The van der Waals surface area contributed by atoms with Crippen LogP contribution in [0.15, 0.2) is 71.6 Å². The molecule has 0 spiro atoms. The Bertz CT molecular complexity index is 1430. The summed E-state index contributed by atoms with van der Waals surface area (Å²) in [6, 6.07) is 16.0. The summed E-state index contributed by atoms with van der Waals surface area (Å²) in [5, 5.41) is 21.7. The molecule has 3 aromatic rings. The van der Waals surface area contributed by atoms with E-state index in [4.69, 9.17) is 4.74 Å². The van der Waals surface area contributed by atoms with Crippen molar-refractivity contribution in [2.75, 3.05) is 0 Å². The van der Waals surface area contributed by atoms with Gasteiger partial charge >= 0.3 is 5.97 Å². The summed E-state index contributed by atoms with van der Waals surface area (Å²) in [5.41, 5.74) is 0.868. The third-order valence-electron chi connectivity index (χ3n) is 5.28. The third kappa shape index (κ3) is 5.87. The van der Waals surface area contributed by atoms with Crippen molar-refractivity contribution in [1.29, 1.82) is 0 Å². The Kier molecular flexibility index (Phi) is 7.11. The van der Waals surface area contributed by atoms with Crippen LogP contribution in [0.3, 0.4) is 0 Å². The van der Waals surface area contributed by atoms with Crippen molar-refractivity contribution in [3.8, 4) is 5.75 Å². The number of esters is 1. The lowest BCUT2D eigenvalue weighted by molar-refractivity contribution is -0.394. The van der Waals surface area contributed by atoms with Crippen LogP contribution < -0.4 is 4.74 Å². The molecule has 1 aliphatic heterocycles. The fraction of sp³-hybridized carbons (Fsp3) is 0.0800. The summed E-state index contributed by atoms with van der Waals surface area (Å²) >= 11 is 0.822. The molecule has 0 radical (unpaired) electrons. The van der Waals surface area contributed by atoms with Crippen LogP contribution in [0.1, 0.15) is 27.0 Å². The molecule has 1 fully saturated rings. The number of hydrogen-bond donors (Lipinski definition) is 0. The Morgan fingerprint density at radius 1 is 0.946 bits per heavy atom. The van der Waals surface area contributed by atoms with E-state index in [0.717, 1.165) is 46.0 Å². The number of carbonyl (C=O) groups excluding carboxylic acids is 3. The van der Waals surface area contributed by atoms with E-state index >= 15 is 0 Å². The summed E-state index contributed by atoms with van der Waals surface area (Å²) < 4.78 is 5.19. The quantitative estimate of drug-likeness (QED) is 0.134. The molecular formula is C25H17N3O8S. The maximum Gasteiger partial charge on any atom is 0.344 e. The summed E-state index contributed by atoms with van der Waals surface area (Å²) in [7, 11) is 0. The number of benzene rings is 3. The Balaban J connectivity index is 1.46. The summed E-state index contributed by atoms with van der Waals surface area (Å²) in [6.07, 6.45) is 1.54. The van der Waals surface area contributed by atoms with E-state index in [1.54, 1.807) is 12.1 Å². The van der Waals surface area contributed by atoms with Gasteiger partial charge in [-0.05, 0) is 48.0 Å². The Labute approximate surface area is 213 Å². The zero-order chi connectivity index (χ0) is 26.7. The van der Waals surface area contributed by atoms with Gasteiger partial charge in [-0.15, -0.1) is 0 Å². The molecule has 0 aromatic heterocycles. The van der Waals surface area contributed by atoms with Crippen molar-refractivity contribution in [1.82, 2.24) is 4.90 Å². The molecule has 0 aliphatic carbocycles. The van der Waals surface area contributed by atoms with Crippen LogP contribution in [-0.4, -0.2) is 31.9 Å². The average molecular weight is 519 g/mol. The number of nitro benzene ring substituents is 2. The molecule has 1 saturated heterocycles. The van der Waals surface area contributed by atoms with Crippen molar-refractivity contribution < 1.29 is 29.0 Å². The molecule has 3 aromatic carbocycles. The van der Waals surface area contributed by atoms with Gasteiger partial charge < -0.3 is 4.74 Å². The molecule has 0 bridgehead atoms. The lowest BCUT2D eigenvalue weighted by atomic mass is 10.1. The summed E-state index contributed by atoms with van der Waals surface area (Å²) in [5.74, 6) is -1.36. The fourth-order valence-corrected chi connectivity index (χ4v) is 4.22. The van der Waals surface area contributed by atoms with Crippen molar-refractivity contribution in [3.63, 3.8) is 0 Å². The van der Waals surface area contributed by atoms with Crippen LogP contribution in [0.4, 0.5) is 16.2 Å². The van der Waals surface area contributed by atoms with E-state index in [2.05, 4.69) is 0 Å². The molecule has 0 saturated carbocycles. The summed E-state index contributed by atoms with van der Waals surface area (Å²) in [6.45, 7) is 2.10. The minimum absolute atomic E-state index is 0.0729. The molecule has 2 amide bonds. The number of non-ortho nitro benzene ring substituents is 2. The Morgan fingerprint density at radius 2 is 1.54 bits per heavy atom. The molecule has 37 heavy (non-hydrogen) atoms. The standard InChI is InChI=1S/C25H17N3O8S/c1-15-2-4-17(5-3-15)14-26-23(29)22(37-25(26)31)10-16-6-8-21(9-7-16)36-24(30)18-11-19(27(32)33)13-20(12-18)28(34)35/h2-13H,14H2,1H3/b22-10-. The van der Waals surface area contributed by atoms with Crippen molar-refractivity contribution in [2.24, 2.45) is 0 Å². The molecule has 1 aliphatic rings. The van der Waals surface area contributed by atoms with E-state index in [1.807, 2.05) is 31.2 Å². The number of aryl methyl sites for hydroxylation is 1. The van der Waals surface area contributed by atoms with Crippen LogP contribution in [-0.2, 0) is 11.3 Å². The molecule has 11 nitrogen and oxygen atoms in total. The zero-order valence-electron chi connectivity index (χ0n) is 19.2. The second kappa shape index (κ2) is 10.4. The van der Waals surface area contributed by atoms with E-state index in [0.29, 0.717) is 5.56 Å². The second-order valence-corrected chi connectivity index (χ2v) is 8.96. The monoisotopic (exact) mass is 519 g/mol. The number of carbonyl (C=O) groups is 3. The van der Waals surface area contributed by atoms with Gasteiger partial charge in [-0.3, -0.25) is 34.7 Å². The number of thioether (sulfide) groups is 1. The minimum Gasteiger partial charge on any atom is -0.423 e. The molecular weight excluding hydrogens is 502 g/mol. The first-order valence-electron chi connectivity index (χ1n) is 10.7. The van der Waals surface area contributed by atoms with Gasteiger partial charge in [-0.2, -0.15) is 0 Å². The highest BCUT2D eigenvalue weighted by molar-refractivity contribution is 8.18. The molecule has 4 rings (SSSR count). The lowest BCUT2D eigenvalue weighted by Gasteiger charge is -2.12. The van der Waals surface area contributed by atoms with Crippen LogP contribution in [0.5, 0.6) is 5.75 Å². The maximum absolute atomic E-state index is 12.8. The molecule has 186 valence electrons. The smallest absolute Gasteiger partial charge is 0.344 e. The van der Waals surface area contributed by atoms with E-state index in [-0.39, 0.29) is 28.0 Å². The van der Waals surface area contributed by atoms with Crippen LogP contribution in [0.2, 0.25) is 0 Å². The molecule has 0 unspecified atom stereocenters. The van der Waals surface area contributed by atoms with Crippen molar-refractivity contribution >= 4 is 46.3 Å². The normalized spacial score (nSPS) is 14.2. The molecule has 0 atom stereocenters. The third-order valence-corrected chi connectivity index (χ3v) is 6.19. The highest BCUT2D eigenvalue weighted by Gasteiger charge is 2.35. The van der Waals surface area contributed by atoms with E-state index in [9.17, 15) is 34.6 Å². The number of amides is 2. The van der Waals surface area contributed by atoms with Gasteiger partial charge in [-0.1, -0.05) is 42.0 Å². The van der Waals surface area contributed by atoms with Crippen LogP contribution >= 0.6 is 11.8 Å². The van der Waals surface area contributed by atoms with Crippen molar-refractivity contribution in [3.05, 3.63) is 114 Å². The average Bonchev–Trinajstić information content (AvgIpc) is 3.13. The highest BCUT2D eigenvalue weighted by Crippen LogP contribution is 2.33. The number of nitrogens with zero attached hydrogens (tertiary/aromatic N) is 3. The lowest BCUT2D eigenvalue weighted by Crippen LogP contribution is -2.27. The van der Waals surface area contributed by atoms with Crippen LogP contribution in [0, 0.1) is 27.2 Å². The van der Waals surface area contributed by atoms with Crippen molar-refractivity contribution in [2.45, 2.75) is 13.5 Å². The van der Waals surface area contributed by atoms with E-state index in [1.165, 1.54) is 18.2 Å². The number of hydrogen-bond acceptors (Lipinski definition) is 9. The number of ether oxygens (including phenoxy) is 1. The van der Waals surface area contributed by atoms with Gasteiger partial charge in [0.15, 0.2) is 0 Å². The number of nitro groups is 2. The van der Waals surface area contributed by atoms with E-state index < -0.39 is 33.1 Å². The topological polar surface area (TPSA) is 150 Å². The maximum atomic E-state index is 12.8. The SMILES string of the molecule is Cc1ccc(CN2C(=O)S/C(=C\c3ccc(OC(=O)c4cc([N+](=O)[O-])cc([N+](=O)[O-])c4)cc3)C2=O)cc1. The van der Waals surface area contributed by atoms with Crippen LogP contribution in [0.25, 0.3) is 6.08 Å². The highest BCUT2D eigenvalue weighted by atomic mass is 32.2. The largest absolute Gasteiger partial charge is 0.423 e. The summed E-state index contributed by atoms with van der Waals surface area (Å²) in [4.78, 5) is 59.4. The van der Waals surface area contributed by atoms with Gasteiger partial charge in [0.25, 0.3) is 22.5 Å². The fourth-order valence-electron chi connectivity index (χ4n) is 3.39. The zero-order valence-corrected chi connectivity index (χ0v) is 20.0. The Morgan fingerprint density at radius 3 is 2.11 bits per heavy atom. The van der Waals surface area contributed by atoms with Gasteiger partial charge in [0.05, 0.1) is 32.9 Å². The number of rotatable bonds is 7. The first-order valence-corrected chi connectivity index (χ1v) is 11.5. The molecule has 0 N–H and O–H groups in total. The predicted octanol–water partition coefficient (Wildman–Crippen LogP) is 5.27. The van der Waals surface area contributed by atoms with Gasteiger partial charge in [0.2, 0.25) is 0 Å². The first-order chi connectivity index (χ1) is 17.6. The minimum atomic E-state index is -1.02.